The van der Waals surface area contributed by atoms with E-state index in [1.807, 2.05) is 25.3 Å². The Bertz CT molecular complexity index is 352. The smallest absolute Gasteiger partial charge is 0.308 e. The molecule has 0 saturated heterocycles. The van der Waals surface area contributed by atoms with Gasteiger partial charge in [0.05, 0.1) is 5.92 Å². The molecule has 1 heterocycles. The number of hydrogen-bond acceptors (Lipinski definition) is 3. The summed E-state index contributed by atoms with van der Waals surface area (Å²) in [6.07, 6.45) is 0. The molecule has 5 heteroatoms. The van der Waals surface area contributed by atoms with Crippen LogP contribution in [0.3, 0.4) is 0 Å². The van der Waals surface area contributed by atoms with Crippen molar-refractivity contribution in [3.63, 3.8) is 0 Å². The lowest BCUT2D eigenvalue weighted by Gasteiger charge is -2.16. The summed E-state index contributed by atoms with van der Waals surface area (Å²) in [5, 5.41) is 14.2. The first-order valence-corrected chi connectivity index (χ1v) is 6.84. The summed E-state index contributed by atoms with van der Waals surface area (Å²) in [6.45, 7) is 5.11. The number of halogens is 1. The zero-order valence-electron chi connectivity index (χ0n) is 9.37. The second-order valence-corrected chi connectivity index (χ2v) is 5.96. The highest BCUT2D eigenvalue weighted by atomic mass is 79.9. The van der Waals surface area contributed by atoms with Crippen molar-refractivity contribution in [3.05, 3.63) is 20.8 Å². The number of aliphatic carboxylic acids is 1. The van der Waals surface area contributed by atoms with Crippen LogP contribution in [0.25, 0.3) is 0 Å². The first-order valence-electron chi connectivity index (χ1n) is 5.17. The van der Waals surface area contributed by atoms with Crippen molar-refractivity contribution >= 4 is 33.2 Å². The van der Waals surface area contributed by atoms with E-state index < -0.39 is 5.97 Å². The van der Waals surface area contributed by atoms with E-state index in [1.165, 1.54) is 4.88 Å². The Morgan fingerprint density at radius 2 is 2.31 bits per heavy atom. The molecule has 0 bridgehead atoms. The highest BCUT2D eigenvalue weighted by Crippen LogP contribution is 2.19. The van der Waals surface area contributed by atoms with Gasteiger partial charge in [-0.05, 0) is 27.9 Å². The van der Waals surface area contributed by atoms with Gasteiger partial charge in [-0.2, -0.15) is 0 Å². The van der Waals surface area contributed by atoms with Crippen LogP contribution in [-0.4, -0.2) is 17.6 Å². The Balaban J connectivity index is 2.36. The molecular weight excluding hydrogens is 290 g/mol. The SMILES string of the molecule is CC(C)C(CNCc1cc(Br)cs1)C(=O)O. The molecule has 0 radical (unpaired) electrons. The molecule has 1 aromatic heterocycles. The van der Waals surface area contributed by atoms with Gasteiger partial charge in [-0.1, -0.05) is 13.8 Å². The fraction of sp³-hybridized carbons (Fsp3) is 0.545. The van der Waals surface area contributed by atoms with Gasteiger partial charge in [0.15, 0.2) is 0 Å². The maximum atomic E-state index is 10.9. The van der Waals surface area contributed by atoms with Crippen LogP contribution in [0.2, 0.25) is 0 Å². The van der Waals surface area contributed by atoms with Gasteiger partial charge >= 0.3 is 5.97 Å². The van der Waals surface area contributed by atoms with Crippen molar-refractivity contribution in [2.45, 2.75) is 20.4 Å². The molecule has 0 aliphatic carbocycles. The Morgan fingerprint density at radius 1 is 1.62 bits per heavy atom. The lowest BCUT2D eigenvalue weighted by molar-refractivity contribution is -0.143. The molecule has 0 spiro atoms. The molecule has 1 unspecified atom stereocenters. The first-order chi connectivity index (χ1) is 7.50. The van der Waals surface area contributed by atoms with Gasteiger partial charge < -0.3 is 10.4 Å². The monoisotopic (exact) mass is 305 g/mol. The van der Waals surface area contributed by atoms with E-state index in [0.29, 0.717) is 6.54 Å². The third kappa shape index (κ3) is 4.23. The van der Waals surface area contributed by atoms with E-state index in [1.54, 1.807) is 11.3 Å². The molecule has 0 aliphatic heterocycles. The normalized spacial score (nSPS) is 13.0. The predicted octanol–water partition coefficient (Wildman–Crippen LogP) is 2.96. The number of thiophene rings is 1. The van der Waals surface area contributed by atoms with Crippen molar-refractivity contribution in [1.29, 1.82) is 0 Å². The van der Waals surface area contributed by atoms with E-state index in [0.717, 1.165) is 11.0 Å². The van der Waals surface area contributed by atoms with Crippen LogP contribution in [0, 0.1) is 11.8 Å². The minimum atomic E-state index is -0.727. The molecule has 0 fully saturated rings. The summed E-state index contributed by atoms with van der Waals surface area (Å²) < 4.78 is 1.08. The van der Waals surface area contributed by atoms with Crippen molar-refractivity contribution in [2.24, 2.45) is 11.8 Å². The minimum Gasteiger partial charge on any atom is -0.481 e. The van der Waals surface area contributed by atoms with Gasteiger partial charge in [0.25, 0.3) is 0 Å². The molecule has 16 heavy (non-hydrogen) atoms. The van der Waals surface area contributed by atoms with Gasteiger partial charge in [0, 0.05) is 27.8 Å². The average Bonchev–Trinajstić information content (AvgIpc) is 2.57. The maximum Gasteiger partial charge on any atom is 0.308 e. The fourth-order valence-electron chi connectivity index (χ4n) is 1.41. The highest BCUT2D eigenvalue weighted by Gasteiger charge is 2.20. The Morgan fingerprint density at radius 3 is 2.75 bits per heavy atom. The molecule has 90 valence electrons. The first kappa shape index (κ1) is 13.7. The lowest BCUT2D eigenvalue weighted by Crippen LogP contribution is -2.31. The highest BCUT2D eigenvalue weighted by molar-refractivity contribution is 9.10. The summed E-state index contributed by atoms with van der Waals surface area (Å²) >= 11 is 5.05. The fourth-order valence-corrected chi connectivity index (χ4v) is 2.83. The van der Waals surface area contributed by atoms with Gasteiger partial charge in [0.2, 0.25) is 0 Å². The zero-order valence-corrected chi connectivity index (χ0v) is 11.8. The Hall–Kier alpha value is -0.390. The third-order valence-electron chi connectivity index (χ3n) is 2.41. The molecule has 0 saturated carbocycles. The number of nitrogens with one attached hydrogen (secondary N) is 1. The number of rotatable bonds is 6. The van der Waals surface area contributed by atoms with E-state index in [4.69, 9.17) is 5.11 Å². The molecule has 0 amide bonds. The number of carbonyl (C=O) groups is 1. The maximum absolute atomic E-state index is 10.9. The lowest BCUT2D eigenvalue weighted by atomic mass is 9.96. The molecule has 2 N–H and O–H groups in total. The van der Waals surface area contributed by atoms with Crippen molar-refractivity contribution < 1.29 is 9.90 Å². The van der Waals surface area contributed by atoms with Gasteiger partial charge in [-0.3, -0.25) is 4.79 Å². The quantitative estimate of drug-likeness (QED) is 0.849. The number of carboxylic acid groups (broad SMARTS) is 1. The summed E-state index contributed by atoms with van der Waals surface area (Å²) in [5.74, 6) is -0.890. The molecule has 0 aromatic carbocycles. The number of carboxylic acids is 1. The van der Waals surface area contributed by atoms with Gasteiger partial charge in [-0.15, -0.1) is 11.3 Å². The van der Waals surface area contributed by atoms with Crippen LogP contribution in [0.4, 0.5) is 0 Å². The van der Waals surface area contributed by atoms with Gasteiger partial charge in [0.1, 0.15) is 0 Å². The summed E-state index contributed by atoms with van der Waals surface area (Å²) in [6, 6.07) is 2.04. The molecule has 1 atom stereocenters. The largest absolute Gasteiger partial charge is 0.481 e. The predicted molar refractivity (Wildman–Crippen MR) is 69.7 cm³/mol. The molecule has 3 nitrogen and oxygen atoms in total. The van der Waals surface area contributed by atoms with Crippen LogP contribution < -0.4 is 5.32 Å². The summed E-state index contributed by atoms with van der Waals surface area (Å²) in [5.41, 5.74) is 0. The van der Waals surface area contributed by atoms with Crippen LogP contribution in [0.15, 0.2) is 15.9 Å². The van der Waals surface area contributed by atoms with E-state index in [2.05, 4.69) is 21.2 Å². The van der Waals surface area contributed by atoms with Crippen LogP contribution >= 0.6 is 27.3 Å². The standard InChI is InChI=1S/C11H16BrNO2S/c1-7(2)10(11(14)15)5-13-4-9-3-8(12)6-16-9/h3,6-7,10,13H,4-5H2,1-2H3,(H,14,15). The summed E-state index contributed by atoms with van der Waals surface area (Å²) in [7, 11) is 0. The molecular formula is C11H16BrNO2S. The molecule has 0 aliphatic rings. The summed E-state index contributed by atoms with van der Waals surface area (Å²) in [4.78, 5) is 12.2. The second-order valence-electron chi connectivity index (χ2n) is 4.05. The van der Waals surface area contributed by atoms with Crippen molar-refractivity contribution in [2.75, 3.05) is 6.54 Å². The van der Waals surface area contributed by atoms with E-state index in [9.17, 15) is 4.79 Å². The Kier molecular flexibility index (Phi) is 5.44. The minimum absolute atomic E-state index is 0.153. The van der Waals surface area contributed by atoms with E-state index in [-0.39, 0.29) is 11.8 Å². The van der Waals surface area contributed by atoms with Crippen LogP contribution in [0.1, 0.15) is 18.7 Å². The van der Waals surface area contributed by atoms with Crippen molar-refractivity contribution in [3.8, 4) is 0 Å². The Labute approximate surface area is 108 Å². The second kappa shape index (κ2) is 6.37. The molecule has 1 aromatic rings. The number of hydrogen-bond donors (Lipinski definition) is 2. The molecule has 1 rings (SSSR count). The third-order valence-corrected chi connectivity index (χ3v) is 4.10. The van der Waals surface area contributed by atoms with Crippen LogP contribution in [0.5, 0.6) is 0 Å². The topological polar surface area (TPSA) is 49.3 Å². The van der Waals surface area contributed by atoms with Crippen LogP contribution in [-0.2, 0) is 11.3 Å². The zero-order chi connectivity index (χ0) is 12.1. The van der Waals surface area contributed by atoms with Crippen molar-refractivity contribution in [1.82, 2.24) is 5.32 Å². The average molecular weight is 306 g/mol. The van der Waals surface area contributed by atoms with E-state index >= 15 is 0 Å². The van der Waals surface area contributed by atoms with Gasteiger partial charge in [-0.25, -0.2) is 0 Å².